The van der Waals surface area contributed by atoms with Crippen LogP contribution in [0.1, 0.15) is 22.0 Å². The number of sulfonamides is 1. The summed E-state index contributed by atoms with van der Waals surface area (Å²) in [6.07, 6.45) is 0. The monoisotopic (exact) mass is 425 g/mol. The van der Waals surface area contributed by atoms with Gasteiger partial charge in [-0.15, -0.1) is 12.4 Å². The van der Waals surface area contributed by atoms with Gasteiger partial charge in [0.2, 0.25) is 10.0 Å². The quantitative estimate of drug-likeness (QED) is 0.762. The van der Waals surface area contributed by atoms with Crippen LogP contribution < -0.4 is 14.8 Å². The van der Waals surface area contributed by atoms with E-state index in [2.05, 4.69) is 10.0 Å². The first-order valence-corrected chi connectivity index (χ1v) is 10.1. The summed E-state index contributed by atoms with van der Waals surface area (Å²) in [4.78, 5) is 15.0. The van der Waals surface area contributed by atoms with Gasteiger partial charge in [0.25, 0.3) is 5.91 Å². The molecule has 0 bridgehead atoms. The fourth-order valence-electron chi connectivity index (χ4n) is 3.25. The van der Waals surface area contributed by atoms with Crippen molar-refractivity contribution >= 4 is 28.3 Å². The van der Waals surface area contributed by atoms with E-state index in [4.69, 9.17) is 4.74 Å². The lowest BCUT2D eigenvalue weighted by Crippen LogP contribution is -2.48. The lowest BCUT2D eigenvalue weighted by molar-refractivity contribution is 0.0631. The zero-order chi connectivity index (χ0) is 19.4. The van der Waals surface area contributed by atoms with Crippen LogP contribution in [0.15, 0.2) is 53.4 Å². The third kappa shape index (κ3) is 4.47. The minimum Gasteiger partial charge on any atom is -0.496 e. The molecule has 152 valence electrons. The number of piperazine rings is 1. The van der Waals surface area contributed by atoms with Crippen LogP contribution in [0, 0.1) is 0 Å². The molecule has 1 amide bonds. The molecule has 2 aromatic rings. The number of hydrogen-bond donors (Lipinski definition) is 2. The molecule has 0 aliphatic carbocycles. The summed E-state index contributed by atoms with van der Waals surface area (Å²) < 4.78 is 31.8. The van der Waals surface area contributed by atoms with E-state index in [1.807, 2.05) is 24.3 Å². The van der Waals surface area contributed by atoms with E-state index in [1.54, 1.807) is 24.1 Å². The second kappa shape index (κ2) is 9.38. The van der Waals surface area contributed by atoms with Crippen LogP contribution >= 0.6 is 12.4 Å². The molecule has 1 aliphatic heterocycles. The molecule has 1 saturated heterocycles. The summed E-state index contributed by atoms with van der Waals surface area (Å²) in [7, 11) is -0.665. The number of halogens is 1. The maximum atomic E-state index is 13.2. The normalized spacial score (nSPS) is 16.9. The minimum atomic E-state index is -3.61. The first kappa shape index (κ1) is 22.2. The van der Waals surface area contributed by atoms with Crippen molar-refractivity contribution in [2.75, 3.05) is 33.8 Å². The number of methoxy groups -OCH3 is 1. The minimum absolute atomic E-state index is 0. The van der Waals surface area contributed by atoms with Crippen molar-refractivity contribution in [3.05, 3.63) is 59.7 Å². The Morgan fingerprint density at radius 2 is 1.96 bits per heavy atom. The molecule has 2 aromatic carbocycles. The van der Waals surface area contributed by atoms with Gasteiger partial charge in [0.15, 0.2) is 0 Å². The van der Waals surface area contributed by atoms with Gasteiger partial charge < -0.3 is 15.0 Å². The Labute approximate surface area is 171 Å². The first-order chi connectivity index (χ1) is 13.0. The van der Waals surface area contributed by atoms with Crippen molar-refractivity contribution in [1.29, 1.82) is 0 Å². The van der Waals surface area contributed by atoms with Crippen LogP contribution in [-0.4, -0.2) is 53.0 Å². The predicted octanol–water partition coefficient (Wildman–Crippen LogP) is 1.81. The van der Waals surface area contributed by atoms with E-state index in [9.17, 15) is 13.2 Å². The average molecular weight is 426 g/mol. The van der Waals surface area contributed by atoms with Gasteiger partial charge in [-0.3, -0.25) is 4.79 Å². The highest BCUT2D eigenvalue weighted by Crippen LogP contribution is 2.31. The molecule has 28 heavy (non-hydrogen) atoms. The molecule has 0 aromatic heterocycles. The third-order valence-electron chi connectivity index (χ3n) is 4.66. The Hall–Kier alpha value is -2.13. The van der Waals surface area contributed by atoms with Crippen LogP contribution in [-0.2, 0) is 10.0 Å². The first-order valence-electron chi connectivity index (χ1n) is 8.66. The topological polar surface area (TPSA) is 87.7 Å². The van der Waals surface area contributed by atoms with Crippen molar-refractivity contribution in [3.8, 4) is 5.75 Å². The highest BCUT2D eigenvalue weighted by atomic mass is 35.5. The zero-order valence-corrected chi connectivity index (χ0v) is 17.3. The number of carbonyl (C=O) groups excluding carboxylic acids is 1. The Morgan fingerprint density at radius 1 is 1.21 bits per heavy atom. The number of benzene rings is 2. The molecule has 1 aliphatic rings. The number of amides is 1. The molecule has 1 fully saturated rings. The second-order valence-corrected chi connectivity index (χ2v) is 8.08. The summed E-state index contributed by atoms with van der Waals surface area (Å²) in [5, 5.41) is 3.31. The maximum absolute atomic E-state index is 13.2. The third-order valence-corrected chi connectivity index (χ3v) is 6.07. The predicted molar refractivity (Wildman–Crippen MR) is 110 cm³/mol. The summed E-state index contributed by atoms with van der Waals surface area (Å²) in [6.45, 7) is 1.79. The van der Waals surface area contributed by atoms with Crippen molar-refractivity contribution in [3.63, 3.8) is 0 Å². The molecule has 3 rings (SSSR count). The molecule has 2 N–H and O–H groups in total. The second-order valence-electron chi connectivity index (χ2n) is 6.20. The Kier molecular flexibility index (Phi) is 7.42. The van der Waals surface area contributed by atoms with E-state index < -0.39 is 10.0 Å². The van der Waals surface area contributed by atoms with Crippen LogP contribution in [0.2, 0.25) is 0 Å². The van der Waals surface area contributed by atoms with Crippen LogP contribution in [0.3, 0.4) is 0 Å². The number of ether oxygens (including phenoxy) is 1. The number of nitrogens with one attached hydrogen (secondary N) is 2. The van der Waals surface area contributed by atoms with Crippen LogP contribution in [0.25, 0.3) is 0 Å². The SMILES string of the molecule is CNS(=O)(=O)c1cccc(C(=O)N2CCNCC2c2ccccc2OC)c1.Cl. The average Bonchev–Trinajstić information content (AvgIpc) is 2.73. The lowest BCUT2D eigenvalue weighted by atomic mass is 10.0. The Balaban J connectivity index is 0.00000280. The number of rotatable bonds is 5. The molecule has 0 spiro atoms. The van der Waals surface area contributed by atoms with Crippen molar-refractivity contribution in [2.45, 2.75) is 10.9 Å². The fraction of sp³-hybridized carbons (Fsp3) is 0.316. The lowest BCUT2D eigenvalue weighted by Gasteiger charge is -2.37. The molecule has 0 radical (unpaired) electrons. The van der Waals surface area contributed by atoms with Gasteiger partial charge in [-0.05, 0) is 31.3 Å². The van der Waals surface area contributed by atoms with Gasteiger partial charge in [0.05, 0.1) is 18.0 Å². The van der Waals surface area contributed by atoms with Crippen molar-refractivity contribution in [2.24, 2.45) is 0 Å². The van der Waals surface area contributed by atoms with Crippen LogP contribution in [0.4, 0.5) is 0 Å². The largest absolute Gasteiger partial charge is 0.496 e. The molecule has 1 heterocycles. The van der Waals surface area contributed by atoms with Gasteiger partial charge in [0, 0.05) is 30.8 Å². The molecule has 7 nitrogen and oxygen atoms in total. The summed E-state index contributed by atoms with van der Waals surface area (Å²) in [5.41, 5.74) is 1.26. The maximum Gasteiger partial charge on any atom is 0.254 e. The fourth-order valence-corrected chi connectivity index (χ4v) is 4.02. The molecular formula is C19H24ClN3O4S. The summed E-state index contributed by atoms with van der Waals surface area (Å²) >= 11 is 0. The molecule has 0 saturated carbocycles. The van der Waals surface area contributed by atoms with E-state index >= 15 is 0 Å². The van der Waals surface area contributed by atoms with E-state index in [-0.39, 0.29) is 29.3 Å². The number of para-hydroxylation sites is 1. The molecule has 1 unspecified atom stereocenters. The molecular weight excluding hydrogens is 402 g/mol. The standard InChI is InChI=1S/C19H23N3O4S.ClH/c1-20-27(24,25)15-7-5-6-14(12-15)19(23)22-11-10-21-13-17(22)16-8-3-4-9-18(16)26-2;/h3-9,12,17,20-21H,10-11,13H2,1-2H3;1H. The summed E-state index contributed by atoms with van der Waals surface area (Å²) in [6, 6.07) is 13.5. The van der Waals surface area contributed by atoms with Crippen molar-refractivity contribution < 1.29 is 17.9 Å². The van der Waals surface area contributed by atoms with Crippen molar-refractivity contribution in [1.82, 2.24) is 14.9 Å². The highest BCUT2D eigenvalue weighted by molar-refractivity contribution is 7.89. The van der Waals surface area contributed by atoms with E-state index in [0.717, 1.165) is 11.3 Å². The van der Waals surface area contributed by atoms with Gasteiger partial charge in [-0.25, -0.2) is 13.1 Å². The molecule has 9 heteroatoms. The molecule has 1 atom stereocenters. The van der Waals surface area contributed by atoms with Gasteiger partial charge >= 0.3 is 0 Å². The van der Waals surface area contributed by atoms with E-state index in [1.165, 1.54) is 19.2 Å². The summed E-state index contributed by atoms with van der Waals surface area (Å²) in [5.74, 6) is 0.510. The number of carbonyl (C=O) groups is 1. The number of nitrogens with zero attached hydrogens (tertiary/aromatic N) is 1. The van der Waals surface area contributed by atoms with E-state index in [0.29, 0.717) is 25.2 Å². The Bertz CT molecular complexity index is 936. The van der Waals surface area contributed by atoms with Gasteiger partial charge in [0.1, 0.15) is 5.75 Å². The zero-order valence-electron chi connectivity index (χ0n) is 15.7. The smallest absolute Gasteiger partial charge is 0.254 e. The highest BCUT2D eigenvalue weighted by Gasteiger charge is 2.30. The van der Waals surface area contributed by atoms with Gasteiger partial charge in [-0.1, -0.05) is 24.3 Å². The van der Waals surface area contributed by atoms with Gasteiger partial charge in [-0.2, -0.15) is 0 Å². The number of hydrogen-bond acceptors (Lipinski definition) is 5. The Morgan fingerprint density at radius 3 is 2.68 bits per heavy atom. The van der Waals surface area contributed by atoms with Crippen LogP contribution in [0.5, 0.6) is 5.75 Å².